The molecular weight excluding hydrogens is 256 g/mol. The van der Waals surface area contributed by atoms with Gasteiger partial charge in [0.15, 0.2) is 0 Å². The third-order valence-electron chi connectivity index (χ3n) is 2.36. The monoisotopic (exact) mass is 270 g/mol. The van der Waals surface area contributed by atoms with Gasteiger partial charge in [0.2, 0.25) is 0 Å². The van der Waals surface area contributed by atoms with E-state index in [9.17, 15) is 9.59 Å². The van der Waals surface area contributed by atoms with Crippen LogP contribution in [-0.2, 0) is 9.59 Å². The molecule has 0 unspecified atom stereocenters. The fourth-order valence-electron chi connectivity index (χ4n) is 1.41. The molecule has 2 N–H and O–H groups in total. The van der Waals surface area contributed by atoms with Crippen LogP contribution in [0.3, 0.4) is 0 Å². The van der Waals surface area contributed by atoms with E-state index < -0.39 is 11.8 Å². The average molecular weight is 271 g/mol. The van der Waals surface area contributed by atoms with Crippen LogP contribution in [0.15, 0.2) is 24.3 Å². The first-order chi connectivity index (χ1) is 8.60. The lowest BCUT2D eigenvalue weighted by atomic mass is 10.3. The molecule has 5 nitrogen and oxygen atoms in total. The normalized spacial score (nSPS) is 9.94. The number of para-hydroxylation sites is 1. The first-order valence-electron chi connectivity index (χ1n) is 5.55. The highest BCUT2D eigenvalue weighted by molar-refractivity contribution is 6.41. The van der Waals surface area contributed by atoms with Crippen molar-refractivity contribution in [2.75, 3.05) is 25.0 Å². The molecule has 0 atom stereocenters. The lowest BCUT2D eigenvalue weighted by Crippen LogP contribution is -2.41. The number of likely N-dealkylation sites (N-methyl/N-ethyl adjacent to an activating group) is 1. The first-order valence-corrected chi connectivity index (χ1v) is 5.93. The third-order valence-corrected chi connectivity index (χ3v) is 2.68. The van der Waals surface area contributed by atoms with Gasteiger partial charge in [-0.3, -0.25) is 9.59 Å². The molecule has 0 spiro atoms. The molecule has 0 aliphatic carbocycles. The van der Waals surface area contributed by atoms with Crippen LogP contribution in [0.25, 0.3) is 0 Å². The van der Waals surface area contributed by atoms with Crippen molar-refractivity contribution in [3.05, 3.63) is 29.3 Å². The number of benzene rings is 1. The summed E-state index contributed by atoms with van der Waals surface area (Å²) in [6.07, 6.45) is 0. The zero-order valence-electron chi connectivity index (χ0n) is 10.0. The van der Waals surface area contributed by atoms with Crippen molar-refractivity contribution in [3.8, 4) is 0 Å². The van der Waals surface area contributed by atoms with Crippen molar-refractivity contribution in [2.24, 2.45) is 0 Å². The number of hydrogen-bond donors (Lipinski definition) is 2. The van der Waals surface area contributed by atoms with E-state index in [-0.39, 0.29) is 13.2 Å². The summed E-state index contributed by atoms with van der Waals surface area (Å²) in [5.74, 6) is -1.45. The maximum atomic E-state index is 11.7. The number of hydrogen-bond acceptors (Lipinski definition) is 3. The molecule has 0 heterocycles. The second-order valence-corrected chi connectivity index (χ2v) is 3.95. The Bertz CT molecular complexity index is 437. The fraction of sp³-hybridized carbons (Fsp3) is 0.333. The van der Waals surface area contributed by atoms with E-state index in [1.165, 1.54) is 4.90 Å². The summed E-state index contributed by atoms with van der Waals surface area (Å²) >= 11 is 5.87. The van der Waals surface area contributed by atoms with Gasteiger partial charge >= 0.3 is 11.8 Å². The molecule has 98 valence electrons. The van der Waals surface area contributed by atoms with Crippen LogP contribution in [0.2, 0.25) is 5.02 Å². The van der Waals surface area contributed by atoms with Gasteiger partial charge in [0, 0.05) is 13.1 Å². The van der Waals surface area contributed by atoms with E-state index in [1.54, 1.807) is 31.2 Å². The molecular formula is C12H15ClN2O3. The number of carbonyl (C=O) groups is 2. The Morgan fingerprint density at radius 3 is 2.61 bits per heavy atom. The number of nitrogens with one attached hydrogen (secondary N) is 1. The number of aliphatic hydroxyl groups excluding tert-OH is 1. The van der Waals surface area contributed by atoms with Gasteiger partial charge in [-0.15, -0.1) is 0 Å². The number of nitrogens with zero attached hydrogens (tertiary/aromatic N) is 1. The van der Waals surface area contributed by atoms with Crippen molar-refractivity contribution in [2.45, 2.75) is 6.92 Å². The van der Waals surface area contributed by atoms with Crippen molar-refractivity contribution in [3.63, 3.8) is 0 Å². The molecule has 0 radical (unpaired) electrons. The Morgan fingerprint density at radius 1 is 1.39 bits per heavy atom. The molecule has 18 heavy (non-hydrogen) atoms. The topological polar surface area (TPSA) is 69.6 Å². The zero-order chi connectivity index (χ0) is 13.5. The highest BCUT2D eigenvalue weighted by Gasteiger charge is 2.20. The molecule has 1 aromatic carbocycles. The van der Waals surface area contributed by atoms with Gasteiger partial charge in [-0.05, 0) is 19.1 Å². The van der Waals surface area contributed by atoms with E-state index >= 15 is 0 Å². The average Bonchev–Trinajstić information content (AvgIpc) is 2.37. The number of aliphatic hydroxyl groups is 1. The second-order valence-electron chi connectivity index (χ2n) is 3.54. The Balaban J connectivity index is 2.71. The van der Waals surface area contributed by atoms with Crippen LogP contribution < -0.4 is 5.32 Å². The van der Waals surface area contributed by atoms with E-state index in [2.05, 4.69) is 5.32 Å². The molecule has 0 aliphatic heterocycles. The zero-order valence-corrected chi connectivity index (χ0v) is 10.8. The van der Waals surface area contributed by atoms with Gasteiger partial charge in [0.05, 0.1) is 17.3 Å². The molecule has 1 aromatic rings. The smallest absolute Gasteiger partial charge is 0.313 e. The summed E-state index contributed by atoms with van der Waals surface area (Å²) in [7, 11) is 0. The number of carbonyl (C=O) groups excluding carboxylic acids is 2. The van der Waals surface area contributed by atoms with E-state index in [0.29, 0.717) is 17.3 Å². The summed E-state index contributed by atoms with van der Waals surface area (Å²) in [6, 6.07) is 6.66. The summed E-state index contributed by atoms with van der Waals surface area (Å²) < 4.78 is 0. The van der Waals surface area contributed by atoms with Crippen molar-refractivity contribution in [1.82, 2.24) is 4.90 Å². The number of anilines is 1. The molecule has 1 rings (SSSR count). The van der Waals surface area contributed by atoms with Crippen LogP contribution in [0.5, 0.6) is 0 Å². The van der Waals surface area contributed by atoms with Crippen molar-refractivity contribution >= 4 is 29.1 Å². The van der Waals surface area contributed by atoms with Crippen LogP contribution in [-0.4, -0.2) is 41.5 Å². The Labute approximate surface area is 110 Å². The summed E-state index contributed by atoms with van der Waals surface area (Å²) in [6.45, 7) is 2.04. The minimum Gasteiger partial charge on any atom is -0.395 e. The predicted octanol–water partition coefficient (Wildman–Crippen LogP) is 1.12. The third kappa shape index (κ3) is 3.72. The maximum Gasteiger partial charge on any atom is 0.313 e. The van der Waals surface area contributed by atoms with E-state index in [1.807, 2.05) is 0 Å². The van der Waals surface area contributed by atoms with Crippen LogP contribution in [0.4, 0.5) is 5.69 Å². The van der Waals surface area contributed by atoms with Gasteiger partial charge in [0.25, 0.3) is 0 Å². The Kier molecular flexibility index (Phi) is 5.61. The lowest BCUT2D eigenvalue weighted by Gasteiger charge is -2.18. The van der Waals surface area contributed by atoms with Gasteiger partial charge in [0.1, 0.15) is 0 Å². The number of rotatable bonds is 4. The fourth-order valence-corrected chi connectivity index (χ4v) is 1.59. The maximum absolute atomic E-state index is 11.7. The lowest BCUT2D eigenvalue weighted by molar-refractivity contribution is -0.143. The van der Waals surface area contributed by atoms with E-state index in [0.717, 1.165) is 0 Å². The number of halogens is 1. The highest BCUT2D eigenvalue weighted by atomic mass is 35.5. The Morgan fingerprint density at radius 2 is 2.06 bits per heavy atom. The first kappa shape index (κ1) is 14.5. The SMILES string of the molecule is CCN(CCO)C(=O)C(=O)Nc1ccccc1Cl. The molecule has 0 aromatic heterocycles. The van der Waals surface area contributed by atoms with Crippen LogP contribution in [0, 0.1) is 0 Å². The highest BCUT2D eigenvalue weighted by Crippen LogP contribution is 2.20. The second kappa shape index (κ2) is 6.98. The minimum atomic E-state index is -0.765. The van der Waals surface area contributed by atoms with Gasteiger partial charge in [-0.25, -0.2) is 0 Å². The summed E-state index contributed by atoms with van der Waals surface area (Å²) in [5.41, 5.74) is 0.387. The van der Waals surface area contributed by atoms with Gasteiger partial charge in [-0.1, -0.05) is 23.7 Å². The molecule has 0 fully saturated rings. The molecule has 0 bridgehead atoms. The number of amides is 2. The molecule has 6 heteroatoms. The molecule has 0 saturated heterocycles. The van der Waals surface area contributed by atoms with Gasteiger partial charge < -0.3 is 15.3 Å². The summed E-state index contributed by atoms with van der Waals surface area (Å²) in [4.78, 5) is 24.7. The predicted molar refractivity (Wildman–Crippen MR) is 69.4 cm³/mol. The summed E-state index contributed by atoms with van der Waals surface area (Å²) in [5, 5.41) is 11.6. The molecule has 0 aliphatic rings. The van der Waals surface area contributed by atoms with Crippen molar-refractivity contribution in [1.29, 1.82) is 0 Å². The standard InChI is InChI=1S/C12H15ClN2O3/c1-2-15(7-8-16)12(18)11(17)14-10-6-4-3-5-9(10)13/h3-6,16H,2,7-8H2,1H3,(H,14,17). The van der Waals surface area contributed by atoms with Crippen LogP contribution >= 0.6 is 11.6 Å². The molecule has 2 amide bonds. The Hall–Kier alpha value is -1.59. The quantitative estimate of drug-likeness (QED) is 0.806. The van der Waals surface area contributed by atoms with Gasteiger partial charge in [-0.2, -0.15) is 0 Å². The van der Waals surface area contributed by atoms with Crippen molar-refractivity contribution < 1.29 is 14.7 Å². The van der Waals surface area contributed by atoms with Crippen LogP contribution in [0.1, 0.15) is 6.92 Å². The largest absolute Gasteiger partial charge is 0.395 e. The minimum absolute atomic E-state index is 0.130. The molecule has 0 saturated carbocycles. The van der Waals surface area contributed by atoms with E-state index in [4.69, 9.17) is 16.7 Å².